The molecule has 1 unspecified atom stereocenters. The molecule has 0 fully saturated rings. The van der Waals surface area contributed by atoms with Crippen LogP contribution in [0.4, 0.5) is 0 Å². The van der Waals surface area contributed by atoms with E-state index in [1.54, 1.807) is 31.3 Å². The average molecular weight is 294 g/mol. The van der Waals surface area contributed by atoms with E-state index in [9.17, 15) is 8.42 Å². The van der Waals surface area contributed by atoms with Gasteiger partial charge in [-0.15, -0.1) is 0 Å². The van der Waals surface area contributed by atoms with E-state index in [0.717, 1.165) is 11.1 Å². The van der Waals surface area contributed by atoms with Crippen molar-refractivity contribution in [1.29, 1.82) is 0 Å². The van der Waals surface area contributed by atoms with Gasteiger partial charge in [-0.2, -0.15) is 4.31 Å². The van der Waals surface area contributed by atoms with E-state index >= 15 is 0 Å². The molecule has 0 N–H and O–H groups in total. The third kappa shape index (κ3) is 1.87. The molecule has 0 amide bonds. The summed E-state index contributed by atoms with van der Waals surface area (Å²) in [6.07, 6.45) is 0. The molecule has 19 heavy (non-hydrogen) atoms. The Kier molecular flexibility index (Phi) is 2.89. The highest BCUT2D eigenvalue weighted by atomic mass is 35.5. The molecule has 1 aliphatic rings. The van der Waals surface area contributed by atoms with Crippen LogP contribution in [-0.2, 0) is 10.0 Å². The van der Waals surface area contributed by atoms with E-state index in [2.05, 4.69) is 0 Å². The Bertz CT molecular complexity index is 743. The second-order valence-electron chi connectivity index (χ2n) is 4.52. The van der Waals surface area contributed by atoms with Crippen LogP contribution in [0.15, 0.2) is 53.4 Å². The Balaban J connectivity index is 2.24. The molecule has 3 nitrogen and oxygen atoms in total. The van der Waals surface area contributed by atoms with E-state index in [1.807, 2.05) is 24.3 Å². The van der Waals surface area contributed by atoms with Crippen molar-refractivity contribution in [2.75, 3.05) is 7.05 Å². The molecular weight excluding hydrogens is 282 g/mol. The van der Waals surface area contributed by atoms with Crippen LogP contribution < -0.4 is 0 Å². The molecule has 1 heterocycles. The second-order valence-corrected chi connectivity index (χ2v) is 6.92. The molecule has 0 saturated carbocycles. The lowest BCUT2D eigenvalue weighted by Crippen LogP contribution is -2.24. The third-order valence-corrected chi connectivity index (χ3v) is 5.53. The van der Waals surface area contributed by atoms with Crippen LogP contribution in [0.25, 0.3) is 0 Å². The summed E-state index contributed by atoms with van der Waals surface area (Å²) in [5.74, 6) is 0. The van der Waals surface area contributed by atoms with Gasteiger partial charge in [-0.25, -0.2) is 8.42 Å². The Morgan fingerprint density at radius 1 is 1.11 bits per heavy atom. The van der Waals surface area contributed by atoms with Gasteiger partial charge in [0.1, 0.15) is 0 Å². The molecule has 0 aliphatic carbocycles. The smallest absolute Gasteiger partial charge is 0.207 e. The molecule has 0 radical (unpaired) electrons. The maximum Gasteiger partial charge on any atom is 0.244 e. The average Bonchev–Trinajstić information content (AvgIpc) is 2.58. The van der Waals surface area contributed by atoms with Crippen LogP contribution in [0.5, 0.6) is 0 Å². The monoisotopic (exact) mass is 293 g/mol. The highest BCUT2D eigenvalue weighted by Crippen LogP contribution is 2.42. The fourth-order valence-corrected chi connectivity index (χ4v) is 4.25. The van der Waals surface area contributed by atoms with E-state index in [-0.39, 0.29) is 6.04 Å². The third-order valence-electron chi connectivity index (χ3n) is 3.40. The Morgan fingerprint density at radius 3 is 2.58 bits per heavy atom. The molecule has 0 aromatic heterocycles. The van der Waals surface area contributed by atoms with Crippen molar-refractivity contribution in [3.05, 3.63) is 64.7 Å². The van der Waals surface area contributed by atoms with E-state index < -0.39 is 10.0 Å². The minimum absolute atomic E-state index is 0.306. The summed E-state index contributed by atoms with van der Waals surface area (Å²) in [4.78, 5) is 0.377. The number of halogens is 1. The number of hydrogen-bond donors (Lipinski definition) is 0. The van der Waals surface area contributed by atoms with Gasteiger partial charge in [0, 0.05) is 12.1 Å². The summed E-state index contributed by atoms with van der Waals surface area (Å²) in [6.45, 7) is 0. The molecule has 1 aliphatic heterocycles. The van der Waals surface area contributed by atoms with Crippen LogP contribution in [0.1, 0.15) is 17.2 Å². The van der Waals surface area contributed by atoms with Crippen molar-refractivity contribution >= 4 is 21.6 Å². The number of hydrogen-bond acceptors (Lipinski definition) is 2. The van der Waals surface area contributed by atoms with Gasteiger partial charge in [-0.05, 0) is 29.3 Å². The molecule has 0 bridgehead atoms. The summed E-state index contributed by atoms with van der Waals surface area (Å²) < 4.78 is 26.1. The maximum atomic E-state index is 12.3. The zero-order valence-electron chi connectivity index (χ0n) is 10.2. The van der Waals surface area contributed by atoms with Crippen LogP contribution in [-0.4, -0.2) is 19.8 Å². The second kappa shape index (κ2) is 4.34. The van der Waals surface area contributed by atoms with E-state index in [0.29, 0.717) is 9.92 Å². The summed E-state index contributed by atoms with van der Waals surface area (Å²) in [5, 5.41) is 0.604. The molecule has 98 valence electrons. The molecule has 0 saturated heterocycles. The van der Waals surface area contributed by atoms with Gasteiger partial charge < -0.3 is 0 Å². The minimum Gasteiger partial charge on any atom is -0.207 e. The number of rotatable bonds is 1. The predicted molar refractivity (Wildman–Crippen MR) is 74.7 cm³/mol. The van der Waals surface area contributed by atoms with Crippen LogP contribution in [0.3, 0.4) is 0 Å². The summed E-state index contributed by atoms with van der Waals surface area (Å²) >= 11 is 6.00. The van der Waals surface area contributed by atoms with E-state index in [1.165, 1.54) is 4.31 Å². The van der Waals surface area contributed by atoms with Gasteiger partial charge >= 0.3 is 0 Å². The van der Waals surface area contributed by atoms with Crippen molar-refractivity contribution < 1.29 is 8.42 Å². The number of nitrogens with zero attached hydrogens (tertiary/aromatic N) is 1. The van der Waals surface area contributed by atoms with Crippen LogP contribution >= 0.6 is 11.6 Å². The maximum absolute atomic E-state index is 12.3. The largest absolute Gasteiger partial charge is 0.244 e. The molecular formula is C14H12ClNO2S. The summed E-state index contributed by atoms with van der Waals surface area (Å²) in [5.41, 5.74) is 1.68. The Hall–Kier alpha value is -1.36. The first-order valence-corrected chi connectivity index (χ1v) is 7.66. The SMILES string of the molecule is CN1C(c2cccc(Cl)c2)c2ccccc2S1(=O)=O. The topological polar surface area (TPSA) is 37.4 Å². The zero-order valence-corrected chi connectivity index (χ0v) is 11.8. The lowest BCUT2D eigenvalue weighted by molar-refractivity contribution is 0.440. The first-order valence-electron chi connectivity index (χ1n) is 5.84. The first kappa shape index (κ1) is 12.7. The molecule has 3 rings (SSSR count). The normalized spacial score (nSPS) is 21.3. The Labute approximate surface area is 117 Å². The van der Waals surface area contributed by atoms with Gasteiger partial charge in [-0.1, -0.05) is 41.9 Å². The summed E-state index contributed by atoms with van der Waals surface area (Å²) in [7, 11) is -1.81. The number of benzene rings is 2. The molecule has 2 aromatic rings. The quantitative estimate of drug-likeness (QED) is 0.810. The molecule has 2 aromatic carbocycles. The zero-order chi connectivity index (χ0) is 13.6. The van der Waals surface area contributed by atoms with Gasteiger partial charge in [0.2, 0.25) is 10.0 Å². The van der Waals surface area contributed by atoms with Gasteiger partial charge in [0.05, 0.1) is 10.9 Å². The number of sulfonamides is 1. The van der Waals surface area contributed by atoms with Crippen molar-refractivity contribution in [3.8, 4) is 0 Å². The lowest BCUT2D eigenvalue weighted by Gasteiger charge is -2.19. The van der Waals surface area contributed by atoms with Crippen molar-refractivity contribution in [2.45, 2.75) is 10.9 Å². The summed E-state index contributed by atoms with van der Waals surface area (Å²) in [6, 6.07) is 14.1. The van der Waals surface area contributed by atoms with E-state index in [4.69, 9.17) is 11.6 Å². The van der Waals surface area contributed by atoms with Crippen molar-refractivity contribution in [1.82, 2.24) is 4.31 Å². The minimum atomic E-state index is -3.40. The van der Waals surface area contributed by atoms with Crippen LogP contribution in [0, 0.1) is 0 Å². The highest BCUT2D eigenvalue weighted by molar-refractivity contribution is 7.89. The van der Waals surface area contributed by atoms with Gasteiger partial charge in [-0.3, -0.25) is 0 Å². The van der Waals surface area contributed by atoms with Gasteiger partial charge in [0.15, 0.2) is 0 Å². The molecule has 5 heteroatoms. The molecule has 0 spiro atoms. The fourth-order valence-electron chi connectivity index (χ4n) is 2.50. The van der Waals surface area contributed by atoms with Crippen molar-refractivity contribution in [3.63, 3.8) is 0 Å². The Morgan fingerprint density at radius 2 is 1.84 bits per heavy atom. The first-order chi connectivity index (χ1) is 9.01. The lowest BCUT2D eigenvalue weighted by atomic mass is 9.99. The predicted octanol–water partition coefficient (Wildman–Crippen LogP) is 3.06. The standard InChI is InChI=1S/C14H12ClNO2S/c1-16-14(10-5-4-6-11(15)9-10)12-7-2-3-8-13(12)19(16,17)18/h2-9,14H,1H3. The van der Waals surface area contributed by atoms with Crippen molar-refractivity contribution in [2.24, 2.45) is 0 Å². The fraction of sp³-hybridized carbons (Fsp3) is 0.143. The molecule has 1 atom stereocenters. The highest BCUT2D eigenvalue weighted by Gasteiger charge is 2.40. The van der Waals surface area contributed by atoms with Crippen LogP contribution in [0.2, 0.25) is 5.02 Å². The van der Waals surface area contributed by atoms with Gasteiger partial charge in [0.25, 0.3) is 0 Å². The number of fused-ring (bicyclic) bond motifs is 1.